The fraction of sp³-hybridized carbons (Fsp3) is 0.615. The summed E-state index contributed by atoms with van der Waals surface area (Å²) in [5.41, 5.74) is 7.43. The molecule has 0 radical (unpaired) electrons. The zero-order chi connectivity index (χ0) is 13.7. The van der Waals surface area contributed by atoms with E-state index in [0.29, 0.717) is 16.2 Å². The molecule has 0 spiro atoms. The molecule has 0 atom stereocenters. The first-order valence-corrected chi connectivity index (χ1v) is 7.65. The van der Waals surface area contributed by atoms with Crippen molar-refractivity contribution in [2.24, 2.45) is 0 Å². The highest BCUT2D eigenvalue weighted by molar-refractivity contribution is 9.10. The number of unbranched alkanes of at least 4 members (excludes halogenated alkanes) is 5. The van der Waals surface area contributed by atoms with Gasteiger partial charge < -0.3 is 10.3 Å². The summed E-state index contributed by atoms with van der Waals surface area (Å²) in [4.78, 5) is 12.6. The lowest BCUT2D eigenvalue weighted by atomic mass is 10.1. The van der Waals surface area contributed by atoms with Gasteiger partial charge in [-0.1, -0.05) is 39.0 Å². The molecule has 0 bridgehead atoms. The van der Waals surface area contributed by atoms with Gasteiger partial charge in [-0.2, -0.15) is 0 Å². The third-order valence-corrected chi connectivity index (χ3v) is 3.58. The number of aryl methyl sites for hydroxylation is 1. The number of hydrogen-bond acceptors (Lipinski definition) is 4. The van der Waals surface area contributed by atoms with Crippen LogP contribution in [0.4, 0.5) is 5.82 Å². The first kappa shape index (κ1) is 14.2. The average molecular weight is 326 g/mol. The summed E-state index contributed by atoms with van der Waals surface area (Å²) in [6.07, 6.45) is 9.45. The van der Waals surface area contributed by atoms with Crippen LogP contribution in [0.15, 0.2) is 11.1 Å². The van der Waals surface area contributed by atoms with Crippen LogP contribution in [0.2, 0.25) is 0 Å². The van der Waals surface area contributed by atoms with E-state index in [4.69, 9.17) is 5.73 Å². The van der Waals surface area contributed by atoms with Gasteiger partial charge in [0.05, 0.1) is 6.33 Å². The number of fused-ring (bicyclic) bond motifs is 1. The molecule has 5 nitrogen and oxygen atoms in total. The summed E-state index contributed by atoms with van der Waals surface area (Å²) in [6.45, 7) is 3.16. The second-order valence-electron chi connectivity index (χ2n) is 4.76. The predicted octanol–water partition coefficient (Wildman–Crippen LogP) is 3.53. The van der Waals surface area contributed by atoms with Gasteiger partial charge in [-0.25, -0.2) is 15.0 Å². The summed E-state index contributed by atoms with van der Waals surface area (Å²) in [6, 6.07) is 0. The second-order valence-corrected chi connectivity index (χ2v) is 5.47. The van der Waals surface area contributed by atoms with Crippen molar-refractivity contribution in [1.29, 1.82) is 0 Å². The molecule has 0 saturated carbocycles. The van der Waals surface area contributed by atoms with Gasteiger partial charge in [-0.15, -0.1) is 0 Å². The largest absolute Gasteiger partial charge is 0.382 e. The molecule has 0 aliphatic heterocycles. The molecule has 0 aromatic carbocycles. The molecule has 0 aliphatic carbocycles. The molecule has 2 aromatic rings. The van der Waals surface area contributed by atoms with Crippen LogP contribution in [-0.4, -0.2) is 19.5 Å². The van der Waals surface area contributed by atoms with Gasteiger partial charge in [0.15, 0.2) is 11.5 Å². The van der Waals surface area contributed by atoms with Crippen molar-refractivity contribution in [3.63, 3.8) is 0 Å². The molecule has 2 heterocycles. The Morgan fingerprint density at radius 3 is 2.68 bits per heavy atom. The Balaban J connectivity index is 1.94. The minimum absolute atomic E-state index is 0.486. The first-order valence-electron chi connectivity index (χ1n) is 6.86. The third-order valence-electron chi connectivity index (χ3n) is 3.22. The number of nitrogen functional groups attached to an aromatic ring is 1. The lowest BCUT2D eigenvalue weighted by Gasteiger charge is -2.05. The van der Waals surface area contributed by atoms with Gasteiger partial charge in [0, 0.05) is 6.54 Å². The van der Waals surface area contributed by atoms with Gasteiger partial charge in [0.2, 0.25) is 4.73 Å². The van der Waals surface area contributed by atoms with E-state index in [1.165, 1.54) is 32.1 Å². The maximum Gasteiger partial charge on any atom is 0.200 e. The number of rotatable bonds is 7. The minimum atomic E-state index is 0.486. The number of anilines is 1. The lowest BCUT2D eigenvalue weighted by Crippen LogP contribution is -2.02. The monoisotopic (exact) mass is 325 g/mol. The van der Waals surface area contributed by atoms with Gasteiger partial charge in [0.1, 0.15) is 5.52 Å². The number of nitrogens with zero attached hydrogens (tertiary/aromatic N) is 4. The lowest BCUT2D eigenvalue weighted by molar-refractivity contribution is 0.564. The fourth-order valence-corrected chi connectivity index (χ4v) is 2.57. The normalized spacial score (nSPS) is 11.3. The molecular formula is C13H20BrN5. The molecule has 0 fully saturated rings. The van der Waals surface area contributed by atoms with Crippen LogP contribution in [-0.2, 0) is 6.54 Å². The van der Waals surface area contributed by atoms with Crippen molar-refractivity contribution in [2.45, 2.75) is 52.0 Å². The molecule has 6 heteroatoms. The number of imidazole rings is 1. The van der Waals surface area contributed by atoms with Crippen LogP contribution in [0.5, 0.6) is 0 Å². The Labute approximate surface area is 121 Å². The molecule has 2 N–H and O–H groups in total. The van der Waals surface area contributed by atoms with Crippen LogP contribution in [0.1, 0.15) is 45.4 Å². The highest BCUT2D eigenvalue weighted by Gasteiger charge is 2.09. The number of aromatic nitrogens is 4. The van der Waals surface area contributed by atoms with Crippen molar-refractivity contribution < 1.29 is 0 Å². The zero-order valence-electron chi connectivity index (χ0n) is 11.3. The van der Waals surface area contributed by atoms with Crippen molar-refractivity contribution in [3.05, 3.63) is 11.1 Å². The summed E-state index contributed by atoms with van der Waals surface area (Å²) in [7, 11) is 0. The van der Waals surface area contributed by atoms with Crippen LogP contribution in [0, 0.1) is 0 Å². The number of hydrogen-bond donors (Lipinski definition) is 1. The van der Waals surface area contributed by atoms with Crippen molar-refractivity contribution in [1.82, 2.24) is 19.5 Å². The van der Waals surface area contributed by atoms with Crippen molar-refractivity contribution >= 4 is 32.9 Å². The molecule has 104 valence electrons. The third kappa shape index (κ3) is 3.65. The Morgan fingerprint density at radius 2 is 1.89 bits per heavy atom. The van der Waals surface area contributed by atoms with Gasteiger partial charge >= 0.3 is 0 Å². The quantitative estimate of drug-likeness (QED) is 0.624. The Kier molecular flexibility index (Phi) is 5.13. The summed E-state index contributed by atoms with van der Waals surface area (Å²) in [5, 5.41) is 0. The van der Waals surface area contributed by atoms with Gasteiger partial charge in [-0.05, 0) is 22.4 Å². The Hall–Kier alpha value is -1.17. The average Bonchev–Trinajstić information content (AvgIpc) is 2.77. The second kappa shape index (κ2) is 6.84. The Morgan fingerprint density at radius 1 is 1.16 bits per heavy atom. The maximum absolute atomic E-state index is 5.93. The van der Waals surface area contributed by atoms with Crippen LogP contribution >= 0.6 is 15.9 Å². The van der Waals surface area contributed by atoms with E-state index in [1.54, 1.807) is 6.33 Å². The molecule has 0 aliphatic rings. The fourth-order valence-electron chi connectivity index (χ4n) is 2.21. The van der Waals surface area contributed by atoms with Gasteiger partial charge in [-0.3, -0.25) is 0 Å². The Bertz CT molecular complexity index is 537. The number of nitrogens with two attached hydrogens (primary N) is 1. The summed E-state index contributed by atoms with van der Waals surface area (Å²) in [5.74, 6) is 0.486. The molecule has 19 heavy (non-hydrogen) atoms. The first-order chi connectivity index (χ1) is 9.22. The molecule has 2 rings (SSSR count). The summed E-state index contributed by atoms with van der Waals surface area (Å²) < 4.78 is 2.54. The van der Waals surface area contributed by atoms with E-state index < -0.39 is 0 Å². The van der Waals surface area contributed by atoms with E-state index in [2.05, 4.69) is 42.4 Å². The highest BCUT2D eigenvalue weighted by Crippen LogP contribution is 2.19. The van der Waals surface area contributed by atoms with E-state index in [1.807, 2.05) is 0 Å². The van der Waals surface area contributed by atoms with E-state index >= 15 is 0 Å². The molecule has 0 unspecified atom stereocenters. The zero-order valence-corrected chi connectivity index (χ0v) is 12.9. The smallest absolute Gasteiger partial charge is 0.200 e. The van der Waals surface area contributed by atoms with Crippen molar-refractivity contribution in [3.8, 4) is 0 Å². The number of halogens is 1. The SMILES string of the molecule is CCCCCCCCn1cnc2nc(Br)nc(N)c21. The van der Waals surface area contributed by atoms with Crippen LogP contribution in [0.25, 0.3) is 11.2 Å². The minimum Gasteiger partial charge on any atom is -0.382 e. The molecule has 2 aromatic heterocycles. The standard InChI is InChI=1S/C13H20BrN5/c1-2-3-4-5-6-7-8-19-9-16-12-10(19)11(15)17-13(14)18-12/h9H,2-8H2,1H3,(H2,15,17,18). The van der Waals surface area contributed by atoms with E-state index in [-0.39, 0.29) is 0 Å². The van der Waals surface area contributed by atoms with Crippen LogP contribution < -0.4 is 5.73 Å². The van der Waals surface area contributed by atoms with E-state index in [9.17, 15) is 0 Å². The molecule has 0 saturated heterocycles. The predicted molar refractivity (Wildman–Crippen MR) is 80.8 cm³/mol. The van der Waals surface area contributed by atoms with Crippen molar-refractivity contribution in [2.75, 3.05) is 5.73 Å². The highest BCUT2D eigenvalue weighted by atomic mass is 79.9. The molecular weight excluding hydrogens is 306 g/mol. The maximum atomic E-state index is 5.93. The van der Waals surface area contributed by atoms with Crippen LogP contribution in [0.3, 0.4) is 0 Å². The summed E-state index contributed by atoms with van der Waals surface area (Å²) >= 11 is 3.23. The van der Waals surface area contributed by atoms with Gasteiger partial charge in [0.25, 0.3) is 0 Å². The molecule has 0 amide bonds. The van der Waals surface area contributed by atoms with E-state index in [0.717, 1.165) is 18.5 Å². The topological polar surface area (TPSA) is 69.6 Å².